The zero-order valence-electron chi connectivity index (χ0n) is 9.95. The fraction of sp³-hybridized carbons (Fsp3) is 0.231. The van der Waals surface area contributed by atoms with Crippen LogP contribution in [-0.2, 0) is 4.79 Å². The van der Waals surface area contributed by atoms with E-state index in [9.17, 15) is 9.59 Å². The lowest BCUT2D eigenvalue weighted by molar-refractivity contribution is -0.114. The summed E-state index contributed by atoms with van der Waals surface area (Å²) in [4.78, 5) is 22.5. The largest absolute Gasteiger partial charge is 0.492 e. The van der Waals surface area contributed by atoms with Gasteiger partial charge >= 0.3 is 0 Å². The molecule has 0 radical (unpaired) electrons. The molecular formula is C13H15NO3. The van der Waals surface area contributed by atoms with E-state index in [1.54, 1.807) is 18.2 Å². The Bertz CT molecular complexity index is 452. The van der Waals surface area contributed by atoms with Crippen LogP contribution in [0.2, 0.25) is 0 Å². The van der Waals surface area contributed by atoms with E-state index < -0.39 is 0 Å². The summed E-state index contributed by atoms with van der Waals surface area (Å²) in [6, 6.07) is 4.88. The van der Waals surface area contributed by atoms with E-state index >= 15 is 0 Å². The van der Waals surface area contributed by atoms with Crippen molar-refractivity contribution in [3.8, 4) is 5.75 Å². The summed E-state index contributed by atoms with van der Waals surface area (Å²) in [5, 5.41) is 2.63. The minimum Gasteiger partial charge on any atom is -0.492 e. The second-order valence-corrected chi connectivity index (χ2v) is 3.39. The molecule has 1 aromatic carbocycles. The highest BCUT2D eigenvalue weighted by Gasteiger charge is 2.09. The first-order valence-electron chi connectivity index (χ1n) is 5.29. The van der Waals surface area contributed by atoms with Gasteiger partial charge < -0.3 is 10.1 Å². The molecule has 1 N–H and O–H groups in total. The van der Waals surface area contributed by atoms with Gasteiger partial charge in [0.05, 0.1) is 12.3 Å². The fourth-order valence-electron chi connectivity index (χ4n) is 1.37. The van der Waals surface area contributed by atoms with Crippen molar-refractivity contribution in [2.24, 2.45) is 0 Å². The van der Waals surface area contributed by atoms with Crippen molar-refractivity contribution >= 4 is 17.4 Å². The molecule has 0 heterocycles. The van der Waals surface area contributed by atoms with Crippen LogP contribution in [0.25, 0.3) is 0 Å². The van der Waals surface area contributed by atoms with Gasteiger partial charge in [-0.25, -0.2) is 0 Å². The first-order valence-corrected chi connectivity index (χ1v) is 5.29. The highest BCUT2D eigenvalue weighted by atomic mass is 16.5. The number of hydrogen-bond donors (Lipinski definition) is 1. The Morgan fingerprint density at radius 3 is 2.71 bits per heavy atom. The van der Waals surface area contributed by atoms with E-state index in [2.05, 4.69) is 11.9 Å². The third kappa shape index (κ3) is 3.45. The predicted octanol–water partition coefficient (Wildman–Crippen LogP) is 2.41. The average Bonchev–Trinajstić information content (AvgIpc) is 2.30. The van der Waals surface area contributed by atoms with Crippen LogP contribution in [0.4, 0.5) is 5.69 Å². The summed E-state index contributed by atoms with van der Waals surface area (Å²) in [6.07, 6.45) is 1.23. The molecule has 0 bridgehead atoms. The number of rotatable bonds is 5. The van der Waals surface area contributed by atoms with Gasteiger partial charge in [-0.15, -0.1) is 0 Å². The first kappa shape index (κ1) is 13.0. The number of hydrogen-bond acceptors (Lipinski definition) is 3. The Labute approximate surface area is 100 Å². The van der Waals surface area contributed by atoms with Crippen LogP contribution in [0.5, 0.6) is 5.75 Å². The van der Waals surface area contributed by atoms with E-state index in [4.69, 9.17) is 4.74 Å². The monoisotopic (exact) mass is 233 g/mol. The van der Waals surface area contributed by atoms with Crippen molar-refractivity contribution in [3.63, 3.8) is 0 Å². The maximum atomic E-state index is 11.4. The fourth-order valence-corrected chi connectivity index (χ4v) is 1.37. The summed E-state index contributed by atoms with van der Waals surface area (Å²) in [5.74, 6) is 0.136. The summed E-state index contributed by atoms with van der Waals surface area (Å²) in [5.41, 5.74) is 0.958. The quantitative estimate of drug-likeness (QED) is 0.627. The Morgan fingerprint density at radius 2 is 2.18 bits per heavy atom. The summed E-state index contributed by atoms with van der Waals surface area (Å²) >= 11 is 0. The Balaban J connectivity index is 3.13. The van der Waals surface area contributed by atoms with Crippen LogP contribution in [0.3, 0.4) is 0 Å². The van der Waals surface area contributed by atoms with Gasteiger partial charge in [-0.1, -0.05) is 6.58 Å². The second-order valence-electron chi connectivity index (χ2n) is 3.39. The Hall–Kier alpha value is -2.10. The van der Waals surface area contributed by atoms with Gasteiger partial charge in [0.1, 0.15) is 5.75 Å². The number of benzene rings is 1. The molecule has 1 amide bonds. The van der Waals surface area contributed by atoms with Crippen molar-refractivity contribution < 1.29 is 14.3 Å². The van der Waals surface area contributed by atoms with Crippen LogP contribution in [0.15, 0.2) is 30.9 Å². The molecule has 0 saturated heterocycles. The maximum absolute atomic E-state index is 11.4. The number of anilines is 1. The number of amides is 1. The van der Waals surface area contributed by atoms with Gasteiger partial charge in [-0.05, 0) is 31.2 Å². The van der Waals surface area contributed by atoms with Crippen LogP contribution in [0.1, 0.15) is 24.2 Å². The lowest BCUT2D eigenvalue weighted by atomic mass is 10.1. The van der Waals surface area contributed by atoms with Gasteiger partial charge in [0.15, 0.2) is 5.78 Å². The Kier molecular flexibility index (Phi) is 4.46. The molecule has 0 spiro atoms. The molecule has 1 rings (SSSR count). The summed E-state index contributed by atoms with van der Waals surface area (Å²) < 4.78 is 5.35. The molecule has 0 aliphatic carbocycles. The topological polar surface area (TPSA) is 55.4 Å². The van der Waals surface area contributed by atoms with Crippen LogP contribution >= 0.6 is 0 Å². The van der Waals surface area contributed by atoms with Crippen molar-refractivity contribution in [3.05, 3.63) is 36.4 Å². The number of carbonyl (C=O) groups excluding carboxylic acids is 2. The summed E-state index contributed by atoms with van der Waals surface area (Å²) in [6.45, 7) is 7.15. The molecule has 4 heteroatoms. The number of carbonyl (C=O) groups is 2. The van der Waals surface area contributed by atoms with Crippen LogP contribution in [-0.4, -0.2) is 18.3 Å². The minimum atomic E-state index is -0.214. The van der Waals surface area contributed by atoms with Gasteiger partial charge in [-0.3, -0.25) is 9.59 Å². The normalized spacial score (nSPS) is 9.53. The van der Waals surface area contributed by atoms with E-state index in [-0.39, 0.29) is 11.7 Å². The van der Waals surface area contributed by atoms with Crippen molar-refractivity contribution in [1.29, 1.82) is 0 Å². The average molecular weight is 233 g/mol. The smallest absolute Gasteiger partial charge is 0.221 e. The highest BCUT2D eigenvalue weighted by Crippen LogP contribution is 2.26. The number of ketones is 1. The van der Waals surface area contributed by atoms with E-state index in [1.807, 2.05) is 6.92 Å². The van der Waals surface area contributed by atoms with Crippen molar-refractivity contribution in [2.45, 2.75) is 13.8 Å². The van der Waals surface area contributed by atoms with Gasteiger partial charge in [0.25, 0.3) is 0 Å². The molecule has 0 aromatic heterocycles. The summed E-state index contributed by atoms with van der Waals surface area (Å²) in [7, 11) is 0. The molecular weight excluding hydrogens is 218 g/mol. The highest BCUT2D eigenvalue weighted by molar-refractivity contribution is 6.05. The second kappa shape index (κ2) is 5.84. The SMILES string of the molecule is C=CC(=O)c1ccc(OCC)c(NC(C)=O)c1. The number of nitrogens with one attached hydrogen (secondary N) is 1. The zero-order chi connectivity index (χ0) is 12.8. The van der Waals surface area contributed by atoms with Crippen LogP contribution in [0, 0.1) is 0 Å². The van der Waals surface area contributed by atoms with Crippen molar-refractivity contribution in [1.82, 2.24) is 0 Å². The van der Waals surface area contributed by atoms with Crippen molar-refractivity contribution in [2.75, 3.05) is 11.9 Å². The molecule has 0 saturated carbocycles. The molecule has 1 aromatic rings. The zero-order valence-corrected chi connectivity index (χ0v) is 9.95. The van der Waals surface area contributed by atoms with E-state index in [1.165, 1.54) is 13.0 Å². The van der Waals surface area contributed by atoms with Gasteiger partial charge in [0.2, 0.25) is 5.91 Å². The number of allylic oxidation sites excluding steroid dienone is 1. The standard InChI is InChI=1S/C13H15NO3/c1-4-12(16)10-6-7-13(17-5-2)11(8-10)14-9(3)15/h4,6-8H,1,5H2,2-3H3,(H,14,15). The lowest BCUT2D eigenvalue weighted by Crippen LogP contribution is -2.09. The maximum Gasteiger partial charge on any atom is 0.221 e. The van der Waals surface area contributed by atoms with Gasteiger partial charge in [-0.2, -0.15) is 0 Å². The third-order valence-electron chi connectivity index (χ3n) is 2.06. The van der Waals surface area contributed by atoms with Gasteiger partial charge in [0, 0.05) is 12.5 Å². The first-order chi connectivity index (χ1) is 8.08. The van der Waals surface area contributed by atoms with E-state index in [0.29, 0.717) is 23.6 Å². The predicted molar refractivity (Wildman–Crippen MR) is 66.4 cm³/mol. The third-order valence-corrected chi connectivity index (χ3v) is 2.06. The molecule has 90 valence electrons. The number of ether oxygens (including phenoxy) is 1. The molecule has 4 nitrogen and oxygen atoms in total. The lowest BCUT2D eigenvalue weighted by Gasteiger charge is -2.11. The van der Waals surface area contributed by atoms with E-state index in [0.717, 1.165) is 0 Å². The molecule has 0 fully saturated rings. The Morgan fingerprint density at radius 1 is 1.47 bits per heavy atom. The molecule has 0 unspecified atom stereocenters. The van der Waals surface area contributed by atoms with Crippen LogP contribution < -0.4 is 10.1 Å². The molecule has 17 heavy (non-hydrogen) atoms. The molecule has 0 aliphatic rings. The molecule has 0 aliphatic heterocycles. The molecule has 0 atom stereocenters. The minimum absolute atomic E-state index is 0.195.